The Bertz CT molecular complexity index is 6940. The molecule has 0 saturated heterocycles. The molecule has 14 aromatic heterocycles. The van der Waals surface area contributed by atoms with Crippen LogP contribution in [0.1, 0.15) is 115 Å². The van der Waals surface area contributed by atoms with Crippen LogP contribution in [0.4, 0.5) is 0 Å². The number of thiophene rings is 14. The summed E-state index contributed by atoms with van der Waals surface area (Å²) in [5, 5.41) is 0. The molecule has 19 aromatic rings. The van der Waals surface area contributed by atoms with Gasteiger partial charge in [0.05, 0.1) is 76.0 Å². The number of carbonyl (C=O) groups is 6. The molecule has 0 bridgehead atoms. The summed E-state index contributed by atoms with van der Waals surface area (Å²) in [5.74, 6) is -2.62. The van der Waals surface area contributed by atoms with Gasteiger partial charge in [-0.3, -0.25) is 0 Å². The Balaban J connectivity index is 0.000000134. The molecule has 12 nitrogen and oxygen atoms in total. The summed E-state index contributed by atoms with van der Waals surface area (Å²) < 4.78 is 42.0. The van der Waals surface area contributed by atoms with Crippen LogP contribution < -0.4 is 0 Å². The van der Waals surface area contributed by atoms with Crippen molar-refractivity contribution < 1.29 is 57.2 Å². The summed E-state index contributed by atoms with van der Waals surface area (Å²) >= 11 is 23.9. The molecule has 0 saturated carbocycles. The van der Waals surface area contributed by atoms with Gasteiger partial charge in [0, 0.05) is 169 Å². The molecule has 0 radical (unpaired) electrons. The molecule has 0 atom stereocenters. The van der Waals surface area contributed by atoms with Gasteiger partial charge in [0.15, 0.2) is 0 Å². The summed E-state index contributed by atoms with van der Waals surface area (Å²) in [5.41, 5.74) is 14.2. The van der Waals surface area contributed by atoms with E-state index < -0.39 is 35.8 Å². The second-order valence-electron chi connectivity index (χ2n) is 29.9. The summed E-state index contributed by atoms with van der Waals surface area (Å²) in [6, 6.07) is 62.7. The van der Waals surface area contributed by atoms with Crippen LogP contribution in [0.5, 0.6) is 0 Å². The molecule has 0 aliphatic rings. The zero-order valence-corrected chi connectivity index (χ0v) is 82.4. The number of esters is 6. The summed E-state index contributed by atoms with van der Waals surface area (Å²) in [7, 11) is 8.36. The minimum Gasteiger partial charge on any atom is -0.465 e. The van der Waals surface area contributed by atoms with Crippen LogP contribution in [-0.2, 0) is 28.4 Å². The Kier molecular flexibility index (Phi) is 25.4. The zero-order chi connectivity index (χ0) is 88.5. The van der Waals surface area contributed by atoms with E-state index in [0.717, 1.165) is 80.8 Å². The van der Waals surface area contributed by atoms with E-state index in [1.807, 2.05) is 64.1 Å². The molecule has 0 aliphatic heterocycles. The molecule has 0 unspecified atom stereocenters. The fourth-order valence-corrected chi connectivity index (χ4v) is 31.8. The Morgan fingerprint density at radius 3 is 0.643 bits per heavy atom. The van der Waals surface area contributed by atoms with Crippen LogP contribution in [0.15, 0.2) is 182 Å². The van der Waals surface area contributed by atoms with Crippen molar-refractivity contribution in [2.24, 2.45) is 0 Å². The van der Waals surface area contributed by atoms with Gasteiger partial charge >= 0.3 is 35.8 Å². The molecule has 0 fully saturated rings. The highest BCUT2D eigenvalue weighted by molar-refractivity contribution is 7.34. The van der Waals surface area contributed by atoms with Gasteiger partial charge in [-0.2, -0.15) is 0 Å². The van der Waals surface area contributed by atoms with Crippen molar-refractivity contribution in [2.45, 2.75) is 69.2 Å². The lowest BCUT2D eigenvalue weighted by Gasteiger charge is -2.21. The minimum absolute atomic E-state index is 0.415. The van der Waals surface area contributed by atoms with E-state index in [1.54, 1.807) is 171 Å². The molecule has 0 aliphatic carbocycles. The monoisotopic (exact) mass is 1920 g/mol. The number of benzene rings is 5. The molecule has 5 aromatic carbocycles. The van der Waals surface area contributed by atoms with Gasteiger partial charge in [-0.25, -0.2) is 28.8 Å². The number of rotatable bonds is 18. The number of hydrogen-bond acceptors (Lipinski definition) is 26. The smallest absolute Gasteiger partial charge is 0.338 e. The van der Waals surface area contributed by atoms with E-state index >= 15 is 0 Å². The predicted octanol–water partition coefficient (Wildman–Crippen LogP) is 32.3. The lowest BCUT2D eigenvalue weighted by Crippen LogP contribution is -2.14. The lowest BCUT2D eigenvalue weighted by molar-refractivity contribution is 0.0586. The van der Waals surface area contributed by atoms with E-state index in [-0.39, 0.29) is 0 Å². The van der Waals surface area contributed by atoms with Crippen LogP contribution in [-0.4, -0.2) is 78.5 Å². The van der Waals surface area contributed by atoms with Gasteiger partial charge in [0.2, 0.25) is 0 Å². The average Bonchev–Trinajstić information content (AvgIpc) is 1.29. The third-order valence-corrected chi connectivity index (χ3v) is 38.0. The second-order valence-corrected chi connectivity index (χ2v) is 45.9. The minimum atomic E-state index is -0.449. The number of carbonyl (C=O) groups excluding carboxylic acids is 6. The lowest BCUT2D eigenvalue weighted by atomic mass is 9.86. The highest BCUT2D eigenvalue weighted by Gasteiger charge is 2.35. The highest BCUT2D eigenvalue weighted by atomic mass is 32.2. The fourth-order valence-electron chi connectivity index (χ4n) is 15.7. The Morgan fingerprint density at radius 2 is 0.405 bits per heavy atom. The van der Waals surface area contributed by atoms with E-state index in [9.17, 15) is 28.8 Å². The molecule has 26 heteroatoms. The Labute approximate surface area is 784 Å². The van der Waals surface area contributed by atoms with Crippen molar-refractivity contribution in [2.75, 3.05) is 42.7 Å². The van der Waals surface area contributed by atoms with Crippen molar-refractivity contribution >= 4 is 232 Å². The maximum atomic E-state index is 13.5. The molecule has 14 heterocycles. The largest absolute Gasteiger partial charge is 0.465 e. The van der Waals surface area contributed by atoms with Gasteiger partial charge in [0.1, 0.15) is 0 Å². The first-order chi connectivity index (χ1) is 60.7. The number of hydrogen-bond donors (Lipinski definition) is 0. The number of ether oxygens (including phenoxy) is 6. The van der Waals surface area contributed by atoms with Crippen molar-refractivity contribution in [1.82, 2.24) is 0 Å². The fraction of sp³-hybridized carbons (Fsp3) is 0.160. The second kappa shape index (κ2) is 36.5. The first-order valence-corrected chi connectivity index (χ1v) is 50.9. The maximum Gasteiger partial charge on any atom is 0.338 e. The van der Waals surface area contributed by atoms with E-state index in [4.69, 9.17) is 28.4 Å². The molecule has 634 valence electrons. The van der Waals surface area contributed by atoms with E-state index in [2.05, 4.69) is 175 Å². The van der Waals surface area contributed by atoms with E-state index in [0.29, 0.717) is 77.9 Å². The topological polar surface area (TPSA) is 158 Å². The molecular formula is C100H78O12S14. The van der Waals surface area contributed by atoms with Gasteiger partial charge in [-0.1, -0.05) is 59.7 Å². The normalized spacial score (nSPS) is 11.4. The average molecular weight is 1920 g/mol. The molecule has 126 heavy (non-hydrogen) atoms. The first-order valence-electron chi connectivity index (χ1n) is 39.5. The molecule has 0 N–H and O–H groups in total. The van der Waals surface area contributed by atoms with Crippen molar-refractivity contribution in [3.63, 3.8) is 0 Å². The third kappa shape index (κ3) is 17.0. The standard InChI is InChI=1S/C34H26O4S6.C34H30O4S2.C32H22O4S6/c1-15-11-23-27(39-15)13-25(43-23)19-7-9-21(41-19)29-17(3)32(34(36)38-6)30(18(4)31(29)33(35)37-5)22-10-8-20(42-22)26-14-28-24(44-26)12-16(2)40-28;1-19-7-11-23(12-8-19)25-15-17-27(39-25)29-21(3)32(34(36)38-6)30(22(4)31(29)33(35)37-5)28-18-16-26(40-28)24-13-9-20(2)10-14-24;1-15-9-25-29(37-15)13-27(41-25)23-7-5-21(39-23)17-11-20(32(34)36-4)18(12-19(17)31(33)35-3)22-6-8-24(40-22)28-14-30-26(42-28)10-16(2)38-30/h7-14H,1-6H3;7-18H,1-6H3;5-14H,1-4H3. The van der Waals surface area contributed by atoms with Gasteiger partial charge in [-0.15, -0.1) is 159 Å². The zero-order valence-electron chi connectivity index (χ0n) is 70.9. The molecule has 0 amide bonds. The van der Waals surface area contributed by atoms with E-state index in [1.165, 1.54) is 130 Å². The van der Waals surface area contributed by atoms with Crippen LogP contribution in [0, 0.1) is 69.2 Å². The number of fused-ring (bicyclic) bond motifs is 4. The third-order valence-electron chi connectivity index (χ3n) is 21.6. The van der Waals surface area contributed by atoms with Crippen LogP contribution in [0.25, 0.3) is 160 Å². The molecule has 19 rings (SSSR count). The number of aryl methyl sites for hydroxylation is 6. The van der Waals surface area contributed by atoms with Crippen LogP contribution in [0.3, 0.4) is 0 Å². The quantitative estimate of drug-likeness (QED) is 0.0592. The SMILES string of the molecule is COC(=O)c1c(C)c(-c2ccc(-c3cc4sc(C)cc4s3)s2)c(C(=O)OC)c(C)c1-c1ccc(-c2cc3sc(C)cc3s2)s1.COC(=O)c1c(C)c(-c2ccc(-c3ccc(C)cc3)s2)c(C(=O)OC)c(C)c1-c1ccc(-c2ccc(C)cc2)s1.COC(=O)c1cc(-c2ccc(-c3cc4sc(C)cc4s3)s2)c(C(=O)OC)cc1-c1ccc(-c2cc3sc(C)cc3s2)s1. The Morgan fingerprint density at radius 1 is 0.198 bits per heavy atom. The number of methoxy groups -OCH3 is 6. The highest BCUT2D eigenvalue weighted by Crippen LogP contribution is 2.53. The first kappa shape index (κ1) is 87.8. The summed E-state index contributed by atoms with van der Waals surface area (Å²) in [4.78, 5) is 102. The van der Waals surface area contributed by atoms with Gasteiger partial charge < -0.3 is 28.4 Å². The van der Waals surface area contributed by atoms with Crippen LogP contribution >= 0.6 is 159 Å². The van der Waals surface area contributed by atoms with Crippen molar-refractivity contribution in [3.8, 4) is 123 Å². The van der Waals surface area contributed by atoms with Crippen molar-refractivity contribution in [1.29, 1.82) is 0 Å². The summed E-state index contributed by atoms with van der Waals surface area (Å²) in [6.07, 6.45) is 0. The Hall–Kier alpha value is -10.2. The summed E-state index contributed by atoms with van der Waals surface area (Å²) in [6.45, 7) is 20.2. The molecular weight excluding hydrogens is 1840 g/mol. The van der Waals surface area contributed by atoms with Gasteiger partial charge in [0.25, 0.3) is 0 Å². The van der Waals surface area contributed by atoms with Crippen LogP contribution in [0.2, 0.25) is 0 Å². The maximum absolute atomic E-state index is 13.5. The molecule has 0 spiro atoms. The van der Waals surface area contributed by atoms with Crippen molar-refractivity contribution in [3.05, 3.63) is 268 Å². The predicted molar refractivity (Wildman–Crippen MR) is 540 cm³/mol. The van der Waals surface area contributed by atoms with Gasteiger partial charge in [-0.05, 0) is 236 Å².